The van der Waals surface area contributed by atoms with Gasteiger partial charge >= 0.3 is 0 Å². The van der Waals surface area contributed by atoms with Crippen molar-refractivity contribution in [1.82, 2.24) is 0 Å². The first kappa shape index (κ1) is 14.0. The van der Waals surface area contributed by atoms with Crippen LogP contribution in [0.3, 0.4) is 0 Å². The largest absolute Gasteiger partial charge is 0.367 e. The fourth-order valence-electron chi connectivity index (χ4n) is 2.34. The Kier molecular flexibility index (Phi) is 4.82. The van der Waals surface area contributed by atoms with Crippen LogP contribution in [0.1, 0.15) is 52.9 Å². The zero-order valence-corrected chi connectivity index (χ0v) is 11.9. The van der Waals surface area contributed by atoms with E-state index in [1.165, 1.54) is 18.4 Å². The van der Waals surface area contributed by atoms with Gasteiger partial charge in [-0.25, -0.2) is 0 Å². The van der Waals surface area contributed by atoms with Gasteiger partial charge in [-0.3, -0.25) is 0 Å². The normalized spacial score (nSPS) is 31.4. The zero-order chi connectivity index (χ0) is 13.0. The first-order valence-corrected chi connectivity index (χ1v) is 7.14. The Morgan fingerprint density at radius 1 is 1.39 bits per heavy atom. The van der Waals surface area contributed by atoms with Gasteiger partial charge in [0.1, 0.15) is 0 Å². The first-order chi connectivity index (χ1) is 8.58. The van der Waals surface area contributed by atoms with E-state index in [4.69, 9.17) is 14.2 Å². The van der Waals surface area contributed by atoms with Gasteiger partial charge in [0, 0.05) is 6.61 Å². The second kappa shape index (κ2) is 6.18. The number of ether oxygens (including phenoxy) is 3. The molecular weight excluding hydrogens is 228 g/mol. The predicted molar refractivity (Wildman–Crippen MR) is 71.5 cm³/mol. The molecule has 2 heterocycles. The van der Waals surface area contributed by atoms with E-state index in [0.29, 0.717) is 12.7 Å². The third kappa shape index (κ3) is 4.38. The van der Waals surface area contributed by atoms with Crippen LogP contribution in [0.4, 0.5) is 0 Å². The maximum Gasteiger partial charge on any atom is 0.157 e. The van der Waals surface area contributed by atoms with Gasteiger partial charge in [0.05, 0.1) is 18.3 Å². The molecule has 0 N–H and O–H groups in total. The van der Waals surface area contributed by atoms with Crippen molar-refractivity contribution in [2.45, 2.75) is 70.9 Å². The van der Waals surface area contributed by atoms with E-state index in [-0.39, 0.29) is 11.9 Å². The zero-order valence-electron chi connectivity index (χ0n) is 11.9. The molecule has 104 valence electrons. The molecule has 0 bridgehead atoms. The van der Waals surface area contributed by atoms with E-state index < -0.39 is 0 Å². The van der Waals surface area contributed by atoms with E-state index in [9.17, 15) is 0 Å². The van der Waals surface area contributed by atoms with Crippen molar-refractivity contribution >= 4 is 0 Å². The molecule has 0 amide bonds. The summed E-state index contributed by atoms with van der Waals surface area (Å²) in [5.41, 5.74) is 1.50. The minimum Gasteiger partial charge on any atom is -0.367 e. The van der Waals surface area contributed by atoms with Gasteiger partial charge in [0.25, 0.3) is 0 Å². The summed E-state index contributed by atoms with van der Waals surface area (Å²) in [6.07, 6.45) is 8.30. The number of epoxide rings is 1. The van der Waals surface area contributed by atoms with Gasteiger partial charge < -0.3 is 14.2 Å². The van der Waals surface area contributed by atoms with Crippen LogP contribution >= 0.6 is 0 Å². The molecule has 2 unspecified atom stereocenters. The summed E-state index contributed by atoms with van der Waals surface area (Å²) in [6, 6.07) is 0. The van der Waals surface area contributed by atoms with Gasteiger partial charge in [0.15, 0.2) is 6.29 Å². The van der Waals surface area contributed by atoms with Crippen LogP contribution in [0.2, 0.25) is 0 Å². The van der Waals surface area contributed by atoms with Gasteiger partial charge in [-0.2, -0.15) is 0 Å². The summed E-state index contributed by atoms with van der Waals surface area (Å²) < 4.78 is 16.8. The van der Waals surface area contributed by atoms with Gasteiger partial charge in [-0.15, -0.1) is 0 Å². The van der Waals surface area contributed by atoms with Gasteiger partial charge in [0.2, 0.25) is 0 Å². The van der Waals surface area contributed by atoms with Crippen LogP contribution in [-0.2, 0) is 14.2 Å². The van der Waals surface area contributed by atoms with Crippen molar-refractivity contribution in [1.29, 1.82) is 0 Å². The molecule has 0 aromatic rings. The first-order valence-electron chi connectivity index (χ1n) is 7.14. The van der Waals surface area contributed by atoms with E-state index >= 15 is 0 Å². The van der Waals surface area contributed by atoms with E-state index in [0.717, 1.165) is 25.9 Å². The average molecular weight is 254 g/mol. The highest BCUT2D eigenvalue weighted by atomic mass is 16.7. The van der Waals surface area contributed by atoms with Crippen molar-refractivity contribution in [3.8, 4) is 0 Å². The molecule has 18 heavy (non-hydrogen) atoms. The Balaban J connectivity index is 1.57. The fraction of sp³-hybridized carbons (Fsp3) is 0.867. The van der Waals surface area contributed by atoms with Crippen molar-refractivity contribution in [3.05, 3.63) is 11.6 Å². The highest BCUT2D eigenvalue weighted by Gasteiger charge is 2.46. The monoisotopic (exact) mass is 254 g/mol. The lowest BCUT2D eigenvalue weighted by Gasteiger charge is -2.22. The lowest BCUT2D eigenvalue weighted by Crippen LogP contribution is -2.22. The summed E-state index contributed by atoms with van der Waals surface area (Å²) in [7, 11) is 0. The summed E-state index contributed by atoms with van der Waals surface area (Å²) in [6.45, 7) is 7.99. The Morgan fingerprint density at radius 3 is 2.78 bits per heavy atom. The number of rotatable bonds is 6. The van der Waals surface area contributed by atoms with Crippen LogP contribution in [0.25, 0.3) is 0 Å². The van der Waals surface area contributed by atoms with E-state index in [1.807, 2.05) is 0 Å². The number of allylic oxidation sites excluding steroid dienone is 1. The topological polar surface area (TPSA) is 31.0 Å². The molecule has 0 aliphatic carbocycles. The molecule has 2 aliphatic rings. The van der Waals surface area contributed by atoms with Crippen molar-refractivity contribution in [2.75, 3.05) is 13.2 Å². The number of hydrogen-bond donors (Lipinski definition) is 0. The van der Waals surface area contributed by atoms with E-state index in [2.05, 4.69) is 26.8 Å². The minimum absolute atomic E-state index is 0.0218. The Labute approximate surface area is 110 Å². The summed E-state index contributed by atoms with van der Waals surface area (Å²) >= 11 is 0. The molecule has 0 spiro atoms. The molecule has 2 atom stereocenters. The van der Waals surface area contributed by atoms with Crippen LogP contribution in [0.15, 0.2) is 11.6 Å². The van der Waals surface area contributed by atoms with Gasteiger partial charge in [-0.1, -0.05) is 11.6 Å². The molecule has 2 rings (SSSR count). The third-order valence-corrected chi connectivity index (χ3v) is 3.82. The second-order valence-corrected chi connectivity index (χ2v) is 5.93. The van der Waals surface area contributed by atoms with Crippen LogP contribution in [0, 0.1) is 0 Å². The molecule has 0 aromatic carbocycles. The Morgan fingerprint density at radius 2 is 2.17 bits per heavy atom. The predicted octanol–water partition coefficient (Wildman–Crippen LogP) is 3.43. The van der Waals surface area contributed by atoms with Crippen LogP contribution in [-0.4, -0.2) is 31.2 Å². The molecule has 3 heteroatoms. The second-order valence-electron chi connectivity index (χ2n) is 5.93. The molecule has 3 nitrogen and oxygen atoms in total. The highest BCUT2D eigenvalue weighted by molar-refractivity contribution is 5.02. The average Bonchev–Trinajstić information content (AvgIpc) is 2.96. The fourth-order valence-corrected chi connectivity index (χ4v) is 2.34. The third-order valence-electron chi connectivity index (χ3n) is 3.82. The quantitative estimate of drug-likeness (QED) is 0.537. The molecule has 0 saturated carbocycles. The minimum atomic E-state index is 0.0218. The molecule has 2 saturated heterocycles. The Hall–Kier alpha value is -0.380. The molecule has 0 aromatic heterocycles. The maximum atomic E-state index is 5.69. The highest BCUT2D eigenvalue weighted by Crippen LogP contribution is 2.38. The van der Waals surface area contributed by atoms with E-state index in [1.54, 1.807) is 0 Å². The molecule has 0 radical (unpaired) electrons. The van der Waals surface area contributed by atoms with Gasteiger partial charge in [-0.05, 0) is 52.9 Å². The maximum absolute atomic E-state index is 5.69. The lowest BCUT2D eigenvalue weighted by atomic mass is 10.0. The van der Waals surface area contributed by atoms with Crippen molar-refractivity contribution in [3.63, 3.8) is 0 Å². The van der Waals surface area contributed by atoms with Crippen LogP contribution < -0.4 is 0 Å². The van der Waals surface area contributed by atoms with Crippen molar-refractivity contribution in [2.24, 2.45) is 0 Å². The number of hydrogen-bond acceptors (Lipinski definition) is 3. The molecule has 2 aliphatic heterocycles. The SMILES string of the molecule is C/C(=C\COC1CCCCO1)CCC1OC1(C)C. The lowest BCUT2D eigenvalue weighted by molar-refractivity contribution is -0.155. The smallest absolute Gasteiger partial charge is 0.157 e. The standard InChI is InChI=1S/C15H26O3/c1-12(7-8-13-15(2,3)18-13)9-11-17-14-6-4-5-10-16-14/h9,13-14H,4-8,10-11H2,1-3H3/b12-9+. The van der Waals surface area contributed by atoms with Crippen LogP contribution in [0.5, 0.6) is 0 Å². The summed E-state index contributed by atoms with van der Waals surface area (Å²) in [5, 5.41) is 0. The summed E-state index contributed by atoms with van der Waals surface area (Å²) in [5.74, 6) is 0. The molecule has 2 fully saturated rings. The summed E-state index contributed by atoms with van der Waals surface area (Å²) in [4.78, 5) is 0. The Bertz CT molecular complexity index is 290. The molecular formula is C15H26O3. The van der Waals surface area contributed by atoms with Crippen molar-refractivity contribution < 1.29 is 14.2 Å².